The summed E-state index contributed by atoms with van der Waals surface area (Å²) in [5.74, 6) is 0. The standard InChI is InChI=1S/C9H8F3N3S2/c1-5-2-3-16-6(5)4-13-8-15-14-7(17-8)9(10,11)12/h2-3H,4H2,1H3,(H,13,15). The molecule has 0 bridgehead atoms. The molecule has 0 fully saturated rings. The van der Waals surface area contributed by atoms with Gasteiger partial charge in [0.25, 0.3) is 0 Å². The first-order valence-electron chi connectivity index (χ1n) is 4.64. The summed E-state index contributed by atoms with van der Waals surface area (Å²) in [5, 5.41) is 10.6. The molecule has 0 aliphatic rings. The molecule has 0 spiro atoms. The minimum atomic E-state index is -4.42. The van der Waals surface area contributed by atoms with Crippen molar-refractivity contribution in [3.05, 3.63) is 26.9 Å². The minimum Gasteiger partial charge on any atom is -0.355 e. The molecule has 1 N–H and O–H groups in total. The van der Waals surface area contributed by atoms with E-state index in [1.807, 2.05) is 18.4 Å². The van der Waals surface area contributed by atoms with E-state index >= 15 is 0 Å². The summed E-state index contributed by atoms with van der Waals surface area (Å²) in [5.41, 5.74) is 1.11. The Balaban J connectivity index is 2.01. The average molecular weight is 279 g/mol. The van der Waals surface area contributed by atoms with Gasteiger partial charge >= 0.3 is 6.18 Å². The summed E-state index contributed by atoms with van der Waals surface area (Å²) in [7, 11) is 0. The SMILES string of the molecule is Cc1ccsc1CNc1nnc(C(F)(F)F)s1. The van der Waals surface area contributed by atoms with Crippen LogP contribution in [0.5, 0.6) is 0 Å². The van der Waals surface area contributed by atoms with Crippen LogP contribution in [-0.2, 0) is 12.7 Å². The lowest BCUT2D eigenvalue weighted by Crippen LogP contribution is -2.03. The largest absolute Gasteiger partial charge is 0.445 e. The molecule has 0 radical (unpaired) electrons. The van der Waals surface area contributed by atoms with Gasteiger partial charge < -0.3 is 5.32 Å². The first-order valence-corrected chi connectivity index (χ1v) is 6.34. The average Bonchev–Trinajstić information content (AvgIpc) is 2.82. The van der Waals surface area contributed by atoms with Crippen LogP contribution in [0, 0.1) is 6.92 Å². The lowest BCUT2D eigenvalue weighted by molar-refractivity contribution is -0.138. The highest BCUT2D eigenvalue weighted by molar-refractivity contribution is 7.15. The molecule has 0 unspecified atom stereocenters. The fraction of sp³-hybridized carbons (Fsp3) is 0.333. The number of halogens is 3. The van der Waals surface area contributed by atoms with Crippen LogP contribution >= 0.6 is 22.7 Å². The summed E-state index contributed by atoms with van der Waals surface area (Å²) < 4.78 is 36.8. The van der Waals surface area contributed by atoms with Gasteiger partial charge in [0.1, 0.15) is 0 Å². The van der Waals surface area contributed by atoms with Crippen LogP contribution in [0.2, 0.25) is 0 Å². The molecular formula is C9H8F3N3S2. The maximum Gasteiger partial charge on any atom is 0.445 e. The maximum absolute atomic E-state index is 12.3. The third-order valence-electron chi connectivity index (χ3n) is 2.04. The lowest BCUT2D eigenvalue weighted by Gasteiger charge is -2.00. The monoisotopic (exact) mass is 279 g/mol. The Kier molecular flexibility index (Phi) is 3.34. The molecule has 8 heteroatoms. The molecule has 2 rings (SSSR count). The highest BCUT2D eigenvalue weighted by Crippen LogP contribution is 2.33. The van der Waals surface area contributed by atoms with Gasteiger partial charge in [0, 0.05) is 4.88 Å². The predicted octanol–water partition coefficient (Wildman–Crippen LogP) is 3.54. The van der Waals surface area contributed by atoms with Gasteiger partial charge in [-0.15, -0.1) is 21.5 Å². The van der Waals surface area contributed by atoms with Crippen molar-refractivity contribution in [2.75, 3.05) is 5.32 Å². The van der Waals surface area contributed by atoms with Gasteiger partial charge in [0.05, 0.1) is 6.54 Å². The summed E-state index contributed by atoms with van der Waals surface area (Å²) in [6, 6.07) is 1.96. The van der Waals surface area contributed by atoms with E-state index in [0.717, 1.165) is 10.4 Å². The Morgan fingerprint density at radius 1 is 1.35 bits per heavy atom. The van der Waals surface area contributed by atoms with E-state index in [-0.39, 0.29) is 5.13 Å². The van der Waals surface area contributed by atoms with Crippen LogP contribution < -0.4 is 5.32 Å². The number of aryl methyl sites for hydroxylation is 1. The Morgan fingerprint density at radius 2 is 2.12 bits per heavy atom. The Morgan fingerprint density at radius 3 is 2.65 bits per heavy atom. The van der Waals surface area contributed by atoms with Gasteiger partial charge in [-0.2, -0.15) is 13.2 Å². The second-order valence-electron chi connectivity index (χ2n) is 3.29. The number of anilines is 1. The molecule has 2 aromatic rings. The maximum atomic E-state index is 12.3. The number of nitrogens with zero attached hydrogens (tertiary/aromatic N) is 2. The van der Waals surface area contributed by atoms with E-state index in [1.165, 1.54) is 0 Å². The van der Waals surface area contributed by atoms with Crippen molar-refractivity contribution in [3.8, 4) is 0 Å². The van der Waals surface area contributed by atoms with E-state index in [4.69, 9.17) is 0 Å². The van der Waals surface area contributed by atoms with E-state index in [9.17, 15) is 13.2 Å². The molecule has 2 heterocycles. The Hall–Kier alpha value is -1.15. The van der Waals surface area contributed by atoms with E-state index < -0.39 is 11.2 Å². The van der Waals surface area contributed by atoms with Gasteiger partial charge in [0.15, 0.2) is 0 Å². The summed E-state index contributed by atoms with van der Waals surface area (Å²) in [6.07, 6.45) is -4.42. The predicted molar refractivity (Wildman–Crippen MR) is 61.3 cm³/mol. The van der Waals surface area contributed by atoms with Crippen LogP contribution in [0.25, 0.3) is 0 Å². The molecule has 0 saturated carbocycles. The molecule has 0 aliphatic carbocycles. The number of alkyl halides is 3. The first-order chi connectivity index (χ1) is 7.97. The van der Waals surface area contributed by atoms with Crippen molar-refractivity contribution in [2.24, 2.45) is 0 Å². The van der Waals surface area contributed by atoms with Crippen molar-refractivity contribution < 1.29 is 13.2 Å². The number of aromatic nitrogens is 2. The van der Waals surface area contributed by atoms with Crippen molar-refractivity contribution in [1.82, 2.24) is 10.2 Å². The van der Waals surface area contributed by atoms with Gasteiger partial charge in [-0.05, 0) is 23.9 Å². The zero-order chi connectivity index (χ0) is 12.5. The summed E-state index contributed by atoms with van der Waals surface area (Å²) >= 11 is 2.07. The molecule has 92 valence electrons. The van der Waals surface area contributed by atoms with Crippen molar-refractivity contribution in [2.45, 2.75) is 19.6 Å². The highest BCUT2D eigenvalue weighted by atomic mass is 32.1. The second-order valence-corrected chi connectivity index (χ2v) is 5.27. The van der Waals surface area contributed by atoms with Crippen LogP contribution in [0.15, 0.2) is 11.4 Å². The van der Waals surface area contributed by atoms with Gasteiger partial charge in [-0.1, -0.05) is 11.3 Å². The zero-order valence-electron chi connectivity index (χ0n) is 8.71. The molecule has 3 nitrogen and oxygen atoms in total. The van der Waals surface area contributed by atoms with E-state index in [1.54, 1.807) is 11.3 Å². The molecule has 0 atom stereocenters. The Labute approximate surface area is 103 Å². The topological polar surface area (TPSA) is 37.8 Å². The van der Waals surface area contributed by atoms with Crippen LogP contribution in [-0.4, -0.2) is 10.2 Å². The number of rotatable bonds is 3. The third kappa shape index (κ3) is 2.95. The molecule has 0 aromatic carbocycles. The van der Waals surface area contributed by atoms with E-state index in [0.29, 0.717) is 17.9 Å². The molecule has 0 amide bonds. The number of thiophene rings is 1. The van der Waals surface area contributed by atoms with Crippen molar-refractivity contribution in [1.29, 1.82) is 0 Å². The van der Waals surface area contributed by atoms with E-state index in [2.05, 4.69) is 15.5 Å². The molecule has 0 saturated heterocycles. The molecule has 2 aromatic heterocycles. The van der Waals surface area contributed by atoms with Crippen molar-refractivity contribution >= 4 is 27.8 Å². The number of hydrogen-bond donors (Lipinski definition) is 1. The summed E-state index contributed by atoms with van der Waals surface area (Å²) in [4.78, 5) is 1.08. The lowest BCUT2D eigenvalue weighted by atomic mass is 10.3. The quantitative estimate of drug-likeness (QED) is 0.933. The number of hydrogen-bond acceptors (Lipinski definition) is 5. The van der Waals surface area contributed by atoms with Gasteiger partial charge in [-0.3, -0.25) is 0 Å². The van der Waals surface area contributed by atoms with Crippen LogP contribution in [0.3, 0.4) is 0 Å². The first kappa shape index (κ1) is 12.3. The number of nitrogens with one attached hydrogen (secondary N) is 1. The molecular weight excluding hydrogens is 271 g/mol. The fourth-order valence-electron chi connectivity index (χ4n) is 1.15. The second kappa shape index (κ2) is 4.61. The summed E-state index contributed by atoms with van der Waals surface area (Å²) in [6.45, 7) is 2.42. The Bertz CT molecular complexity index is 504. The van der Waals surface area contributed by atoms with Gasteiger partial charge in [0.2, 0.25) is 10.1 Å². The zero-order valence-corrected chi connectivity index (χ0v) is 10.3. The fourth-order valence-corrected chi connectivity index (χ4v) is 2.60. The molecule has 0 aliphatic heterocycles. The minimum absolute atomic E-state index is 0.185. The van der Waals surface area contributed by atoms with Crippen LogP contribution in [0.1, 0.15) is 15.4 Å². The highest BCUT2D eigenvalue weighted by Gasteiger charge is 2.35. The normalized spacial score (nSPS) is 11.8. The van der Waals surface area contributed by atoms with Gasteiger partial charge in [-0.25, -0.2) is 0 Å². The van der Waals surface area contributed by atoms with Crippen molar-refractivity contribution in [3.63, 3.8) is 0 Å². The van der Waals surface area contributed by atoms with Crippen LogP contribution in [0.4, 0.5) is 18.3 Å². The third-order valence-corrected chi connectivity index (χ3v) is 3.98. The molecule has 17 heavy (non-hydrogen) atoms. The smallest absolute Gasteiger partial charge is 0.355 e.